The molecule has 0 aliphatic carbocycles. The first-order chi connectivity index (χ1) is 12.7. The number of H-pyrrole nitrogens is 1. The van der Waals surface area contributed by atoms with Gasteiger partial charge in [0, 0.05) is 11.1 Å². The number of aromatic amines is 1. The average molecular weight is 345 g/mol. The molecule has 1 amide bonds. The lowest BCUT2D eigenvalue weighted by atomic mass is 10.1. The highest BCUT2D eigenvalue weighted by molar-refractivity contribution is 6.05. The van der Waals surface area contributed by atoms with Crippen LogP contribution in [0.3, 0.4) is 0 Å². The van der Waals surface area contributed by atoms with E-state index in [1.165, 1.54) is 0 Å². The number of aromatic nitrogens is 4. The van der Waals surface area contributed by atoms with Crippen LogP contribution in [0, 0.1) is 0 Å². The van der Waals surface area contributed by atoms with Gasteiger partial charge < -0.3 is 5.32 Å². The molecule has 0 fully saturated rings. The molecule has 0 aliphatic rings. The Labute approximate surface area is 150 Å². The zero-order valence-electron chi connectivity index (χ0n) is 14.4. The minimum absolute atomic E-state index is 0.149. The molecule has 0 unspecified atom stereocenters. The summed E-state index contributed by atoms with van der Waals surface area (Å²) < 4.78 is 1.89. The van der Waals surface area contributed by atoms with Crippen LogP contribution >= 0.6 is 0 Å². The molecule has 2 heterocycles. The Morgan fingerprint density at radius 2 is 2.00 bits per heavy atom. The molecule has 0 saturated carbocycles. The van der Waals surface area contributed by atoms with Gasteiger partial charge in [-0.25, -0.2) is 0 Å². The van der Waals surface area contributed by atoms with Gasteiger partial charge in [-0.2, -0.15) is 10.2 Å². The van der Waals surface area contributed by atoms with Gasteiger partial charge in [-0.15, -0.1) is 0 Å². The summed E-state index contributed by atoms with van der Waals surface area (Å²) in [6, 6.07) is 15.8. The van der Waals surface area contributed by atoms with E-state index in [1.54, 1.807) is 12.4 Å². The molecule has 0 saturated heterocycles. The van der Waals surface area contributed by atoms with Crippen molar-refractivity contribution in [3.05, 3.63) is 77.7 Å². The van der Waals surface area contributed by atoms with Gasteiger partial charge in [0.15, 0.2) is 0 Å². The van der Waals surface area contributed by atoms with Crippen molar-refractivity contribution in [3.8, 4) is 0 Å². The summed E-state index contributed by atoms with van der Waals surface area (Å²) in [6.45, 7) is 2.69. The molecule has 0 bridgehead atoms. The molecule has 2 N–H and O–H groups in total. The highest BCUT2D eigenvalue weighted by atomic mass is 16.1. The van der Waals surface area contributed by atoms with Crippen molar-refractivity contribution in [2.24, 2.45) is 0 Å². The molecule has 130 valence electrons. The number of carbonyl (C=O) groups is 1. The highest BCUT2D eigenvalue weighted by Crippen LogP contribution is 2.19. The van der Waals surface area contributed by atoms with E-state index in [9.17, 15) is 4.79 Å². The Balaban J connectivity index is 1.57. The van der Waals surface area contributed by atoms with Crippen molar-refractivity contribution >= 4 is 22.5 Å². The molecular formula is C20H19N5O. The van der Waals surface area contributed by atoms with E-state index in [4.69, 9.17) is 0 Å². The van der Waals surface area contributed by atoms with Crippen molar-refractivity contribution in [3.63, 3.8) is 0 Å². The Morgan fingerprint density at radius 1 is 1.15 bits per heavy atom. The average Bonchev–Trinajstić information content (AvgIpc) is 3.28. The fraction of sp³-hybridized carbons (Fsp3) is 0.150. The van der Waals surface area contributed by atoms with Crippen LogP contribution in [0.1, 0.15) is 28.5 Å². The smallest absolute Gasteiger partial charge is 0.259 e. The lowest BCUT2D eigenvalue weighted by Crippen LogP contribution is -2.15. The number of hydrogen-bond acceptors (Lipinski definition) is 3. The first kappa shape index (κ1) is 16.1. The van der Waals surface area contributed by atoms with Crippen LogP contribution in [-0.2, 0) is 13.0 Å². The summed E-state index contributed by atoms with van der Waals surface area (Å²) in [7, 11) is 0. The quantitative estimate of drug-likeness (QED) is 0.580. The van der Waals surface area contributed by atoms with Crippen molar-refractivity contribution in [2.75, 3.05) is 5.32 Å². The monoisotopic (exact) mass is 345 g/mol. The van der Waals surface area contributed by atoms with Gasteiger partial charge in [0.25, 0.3) is 5.91 Å². The van der Waals surface area contributed by atoms with E-state index in [1.807, 2.05) is 48.0 Å². The van der Waals surface area contributed by atoms with E-state index < -0.39 is 0 Å². The van der Waals surface area contributed by atoms with Crippen LogP contribution in [0.2, 0.25) is 0 Å². The second-order valence-corrected chi connectivity index (χ2v) is 6.13. The molecular weight excluding hydrogens is 326 g/mol. The fourth-order valence-corrected chi connectivity index (χ4v) is 3.08. The lowest BCUT2D eigenvalue weighted by molar-refractivity contribution is 0.102. The summed E-state index contributed by atoms with van der Waals surface area (Å²) in [6.07, 6.45) is 4.12. The van der Waals surface area contributed by atoms with E-state index in [0.29, 0.717) is 12.1 Å². The summed E-state index contributed by atoms with van der Waals surface area (Å²) in [5.74, 6) is -0.149. The maximum atomic E-state index is 12.7. The molecule has 0 spiro atoms. The third-order valence-electron chi connectivity index (χ3n) is 4.40. The standard InChI is InChI=1S/C20H19N5O/c1-2-19-17(12-22-25(19)13-14-6-4-3-5-7-14)20(26)23-16-8-9-18-15(10-16)11-21-24-18/h3-12H,2,13H2,1H3,(H,21,24)(H,23,26). The van der Waals surface area contributed by atoms with Gasteiger partial charge in [-0.3, -0.25) is 14.6 Å². The predicted molar refractivity (Wildman–Crippen MR) is 101 cm³/mol. The first-order valence-corrected chi connectivity index (χ1v) is 8.57. The molecule has 6 heteroatoms. The second-order valence-electron chi connectivity index (χ2n) is 6.13. The van der Waals surface area contributed by atoms with Crippen LogP contribution in [0.25, 0.3) is 10.9 Å². The number of hydrogen-bond donors (Lipinski definition) is 2. The maximum absolute atomic E-state index is 12.7. The van der Waals surface area contributed by atoms with E-state index in [2.05, 4.69) is 32.7 Å². The topological polar surface area (TPSA) is 75.6 Å². The number of nitrogens with zero attached hydrogens (tertiary/aromatic N) is 3. The molecule has 6 nitrogen and oxygen atoms in total. The van der Waals surface area contributed by atoms with Gasteiger partial charge in [-0.1, -0.05) is 37.3 Å². The number of fused-ring (bicyclic) bond motifs is 1. The SMILES string of the molecule is CCc1c(C(=O)Nc2ccc3[nH]ncc3c2)cnn1Cc1ccccc1. The molecule has 2 aromatic carbocycles. The number of rotatable bonds is 5. The number of amides is 1. The van der Waals surface area contributed by atoms with Crippen molar-refractivity contribution < 1.29 is 4.79 Å². The zero-order chi connectivity index (χ0) is 17.9. The molecule has 0 atom stereocenters. The Hall–Kier alpha value is -3.41. The minimum Gasteiger partial charge on any atom is -0.322 e. The van der Waals surface area contributed by atoms with Crippen LogP contribution in [0.4, 0.5) is 5.69 Å². The number of benzene rings is 2. The van der Waals surface area contributed by atoms with Gasteiger partial charge in [-0.05, 0) is 30.2 Å². The normalized spacial score (nSPS) is 11.0. The molecule has 26 heavy (non-hydrogen) atoms. The van der Waals surface area contributed by atoms with Gasteiger partial charge in [0.2, 0.25) is 0 Å². The van der Waals surface area contributed by atoms with Crippen LogP contribution in [-0.4, -0.2) is 25.9 Å². The van der Waals surface area contributed by atoms with Gasteiger partial charge in [0.1, 0.15) is 0 Å². The molecule has 0 aliphatic heterocycles. The van der Waals surface area contributed by atoms with E-state index in [-0.39, 0.29) is 5.91 Å². The van der Waals surface area contributed by atoms with Gasteiger partial charge >= 0.3 is 0 Å². The molecule has 4 aromatic rings. The van der Waals surface area contributed by atoms with E-state index >= 15 is 0 Å². The third-order valence-corrected chi connectivity index (χ3v) is 4.40. The molecule has 0 radical (unpaired) electrons. The lowest BCUT2D eigenvalue weighted by Gasteiger charge is -2.09. The Kier molecular flexibility index (Phi) is 4.23. The number of nitrogens with one attached hydrogen (secondary N) is 2. The second kappa shape index (κ2) is 6.84. The molecule has 2 aromatic heterocycles. The highest BCUT2D eigenvalue weighted by Gasteiger charge is 2.16. The minimum atomic E-state index is -0.149. The summed E-state index contributed by atoms with van der Waals surface area (Å²) in [5, 5.41) is 15.2. The van der Waals surface area contributed by atoms with Crippen LogP contribution in [0.5, 0.6) is 0 Å². The van der Waals surface area contributed by atoms with Crippen molar-refractivity contribution in [1.82, 2.24) is 20.0 Å². The predicted octanol–water partition coefficient (Wildman–Crippen LogP) is 3.62. The largest absolute Gasteiger partial charge is 0.322 e. The van der Waals surface area contributed by atoms with Gasteiger partial charge in [0.05, 0.1) is 35.7 Å². The third kappa shape index (κ3) is 3.09. The number of anilines is 1. The summed E-state index contributed by atoms with van der Waals surface area (Å²) in [4.78, 5) is 12.7. The maximum Gasteiger partial charge on any atom is 0.259 e. The van der Waals surface area contributed by atoms with Crippen LogP contribution in [0.15, 0.2) is 60.9 Å². The first-order valence-electron chi connectivity index (χ1n) is 8.57. The zero-order valence-corrected chi connectivity index (χ0v) is 14.4. The Morgan fingerprint density at radius 3 is 2.81 bits per heavy atom. The molecule has 4 rings (SSSR count). The van der Waals surface area contributed by atoms with Crippen LogP contribution < -0.4 is 5.32 Å². The van der Waals surface area contributed by atoms with E-state index in [0.717, 1.165) is 34.3 Å². The fourth-order valence-electron chi connectivity index (χ4n) is 3.08. The van der Waals surface area contributed by atoms with Crippen molar-refractivity contribution in [2.45, 2.75) is 19.9 Å². The summed E-state index contributed by atoms with van der Waals surface area (Å²) in [5.41, 5.74) is 4.36. The Bertz CT molecular complexity index is 1050. The summed E-state index contributed by atoms with van der Waals surface area (Å²) >= 11 is 0. The van der Waals surface area contributed by atoms with Crippen molar-refractivity contribution in [1.29, 1.82) is 0 Å². The number of carbonyl (C=O) groups excluding carboxylic acids is 1.